The van der Waals surface area contributed by atoms with Gasteiger partial charge in [0.05, 0.1) is 10.8 Å². The number of benzene rings is 1. The van der Waals surface area contributed by atoms with E-state index in [0.29, 0.717) is 0 Å². The predicted molar refractivity (Wildman–Crippen MR) is 85.4 cm³/mol. The Morgan fingerprint density at radius 1 is 1.26 bits per heavy atom. The van der Waals surface area contributed by atoms with Crippen molar-refractivity contribution >= 4 is 17.7 Å². The van der Waals surface area contributed by atoms with Crippen LogP contribution in [0, 0.1) is 5.82 Å². The van der Waals surface area contributed by atoms with Crippen LogP contribution in [0.15, 0.2) is 33.9 Å². The molecule has 1 amide bonds. The van der Waals surface area contributed by atoms with Gasteiger partial charge in [-0.1, -0.05) is 23.9 Å². The molecule has 3 rings (SSSR count). The minimum atomic E-state index is -0.412. The number of rotatable bonds is 4. The SMILES string of the molecule is C[C@@H](Sc1nnc(-c2ccccc2F)o1)C(=O)N1CCCCC1. The first kappa shape index (κ1) is 16.0. The van der Waals surface area contributed by atoms with E-state index in [1.165, 1.54) is 24.2 Å². The Morgan fingerprint density at radius 2 is 2.00 bits per heavy atom. The molecule has 0 spiro atoms. The van der Waals surface area contributed by atoms with Crippen molar-refractivity contribution in [1.29, 1.82) is 0 Å². The van der Waals surface area contributed by atoms with Gasteiger partial charge in [-0.05, 0) is 38.3 Å². The van der Waals surface area contributed by atoms with E-state index in [1.807, 2.05) is 11.8 Å². The Bertz CT molecular complexity index is 685. The summed E-state index contributed by atoms with van der Waals surface area (Å²) in [5.74, 6) is -0.200. The minimum absolute atomic E-state index is 0.0836. The van der Waals surface area contributed by atoms with Gasteiger partial charge in [0.1, 0.15) is 5.82 Å². The molecule has 0 unspecified atom stereocenters. The molecule has 1 aliphatic heterocycles. The molecule has 1 aliphatic rings. The van der Waals surface area contributed by atoms with Crippen LogP contribution in [0.2, 0.25) is 0 Å². The van der Waals surface area contributed by atoms with Crippen LogP contribution in [0.5, 0.6) is 0 Å². The monoisotopic (exact) mass is 335 g/mol. The molecular weight excluding hydrogens is 317 g/mol. The van der Waals surface area contributed by atoms with Crippen molar-refractivity contribution in [2.24, 2.45) is 0 Å². The second-order valence-electron chi connectivity index (χ2n) is 5.50. The van der Waals surface area contributed by atoms with Crippen LogP contribution < -0.4 is 0 Å². The van der Waals surface area contributed by atoms with Crippen LogP contribution in [0.1, 0.15) is 26.2 Å². The Balaban J connectivity index is 1.66. The first-order chi connectivity index (χ1) is 11.1. The number of halogens is 1. The summed E-state index contributed by atoms with van der Waals surface area (Å²) < 4.78 is 19.2. The summed E-state index contributed by atoms with van der Waals surface area (Å²) in [5.41, 5.74) is 0.266. The first-order valence-corrected chi connectivity index (χ1v) is 8.57. The topological polar surface area (TPSA) is 59.2 Å². The van der Waals surface area contributed by atoms with E-state index in [-0.39, 0.29) is 27.8 Å². The second-order valence-corrected chi connectivity index (χ2v) is 6.79. The molecule has 1 atom stereocenters. The Hall–Kier alpha value is -1.89. The highest BCUT2D eigenvalue weighted by molar-refractivity contribution is 8.00. The molecule has 2 heterocycles. The van der Waals surface area contributed by atoms with Gasteiger partial charge in [-0.3, -0.25) is 4.79 Å². The zero-order chi connectivity index (χ0) is 16.2. The van der Waals surface area contributed by atoms with Crippen molar-refractivity contribution in [3.05, 3.63) is 30.1 Å². The third kappa shape index (κ3) is 3.72. The highest BCUT2D eigenvalue weighted by Crippen LogP contribution is 2.28. The number of carbonyl (C=O) groups is 1. The quantitative estimate of drug-likeness (QED) is 0.802. The molecule has 122 valence electrons. The lowest BCUT2D eigenvalue weighted by molar-refractivity contribution is -0.131. The Morgan fingerprint density at radius 3 is 2.74 bits per heavy atom. The predicted octanol–water partition coefficient (Wildman–Crippen LogP) is 3.37. The van der Waals surface area contributed by atoms with Crippen LogP contribution in [-0.4, -0.2) is 39.3 Å². The summed E-state index contributed by atoms with van der Waals surface area (Å²) in [4.78, 5) is 14.3. The molecule has 1 fully saturated rings. The van der Waals surface area contributed by atoms with Crippen LogP contribution >= 0.6 is 11.8 Å². The van der Waals surface area contributed by atoms with Crippen molar-refractivity contribution in [1.82, 2.24) is 15.1 Å². The summed E-state index contributed by atoms with van der Waals surface area (Å²) in [6.07, 6.45) is 3.29. The van der Waals surface area contributed by atoms with E-state index in [1.54, 1.807) is 18.2 Å². The van der Waals surface area contributed by atoms with Gasteiger partial charge in [-0.15, -0.1) is 10.2 Å². The molecule has 0 aliphatic carbocycles. The molecule has 1 aromatic heterocycles. The van der Waals surface area contributed by atoms with Gasteiger partial charge in [0.2, 0.25) is 5.91 Å². The highest BCUT2D eigenvalue weighted by Gasteiger charge is 2.25. The van der Waals surface area contributed by atoms with E-state index < -0.39 is 5.82 Å². The summed E-state index contributed by atoms with van der Waals surface area (Å²) >= 11 is 1.21. The third-order valence-corrected chi connectivity index (χ3v) is 4.73. The number of thioether (sulfide) groups is 1. The zero-order valence-corrected chi connectivity index (χ0v) is 13.7. The maximum atomic E-state index is 13.7. The Labute approximate surface area is 138 Å². The molecule has 0 saturated carbocycles. The first-order valence-electron chi connectivity index (χ1n) is 7.69. The number of likely N-dealkylation sites (tertiary alicyclic amines) is 1. The second kappa shape index (κ2) is 7.12. The van der Waals surface area contributed by atoms with Crippen LogP contribution in [0.25, 0.3) is 11.5 Å². The largest absolute Gasteiger partial charge is 0.411 e. The van der Waals surface area contributed by atoms with Crippen molar-refractivity contribution in [2.75, 3.05) is 13.1 Å². The molecule has 5 nitrogen and oxygen atoms in total. The van der Waals surface area contributed by atoms with Gasteiger partial charge in [-0.2, -0.15) is 0 Å². The average molecular weight is 335 g/mol. The van der Waals surface area contributed by atoms with E-state index in [9.17, 15) is 9.18 Å². The maximum Gasteiger partial charge on any atom is 0.277 e. The summed E-state index contributed by atoms with van der Waals surface area (Å²) in [7, 11) is 0. The standard InChI is InChI=1S/C16H18FN3O2S/c1-11(15(21)20-9-5-2-6-10-20)23-16-19-18-14(22-16)12-7-3-4-8-13(12)17/h3-4,7-8,11H,2,5-6,9-10H2,1H3/t11-/m1/s1. The van der Waals surface area contributed by atoms with E-state index in [4.69, 9.17) is 4.42 Å². The molecule has 1 aromatic carbocycles. The fourth-order valence-corrected chi connectivity index (χ4v) is 3.34. The van der Waals surface area contributed by atoms with Gasteiger partial charge >= 0.3 is 0 Å². The lowest BCUT2D eigenvalue weighted by Crippen LogP contribution is -2.40. The number of amides is 1. The summed E-state index contributed by atoms with van der Waals surface area (Å²) in [6, 6.07) is 6.23. The lowest BCUT2D eigenvalue weighted by Gasteiger charge is -2.28. The van der Waals surface area contributed by atoms with Gasteiger partial charge in [0.15, 0.2) is 0 Å². The van der Waals surface area contributed by atoms with Gasteiger partial charge < -0.3 is 9.32 Å². The number of nitrogens with zero attached hydrogens (tertiary/aromatic N) is 3. The fourth-order valence-electron chi connectivity index (χ4n) is 2.57. The molecule has 0 bridgehead atoms. The maximum absolute atomic E-state index is 13.7. The van der Waals surface area contributed by atoms with Crippen LogP contribution in [-0.2, 0) is 4.79 Å². The lowest BCUT2D eigenvalue weighted by atomic mass is 10.1. The number of piperidine rings is 1. The van der Waals surface area contributed by atoms with Crippen LogP contribution in [0.4, 0.5) is 4.39 Å². The van der Waals surface area contributed by atoms with Crippen LogP contribution in [0.3, 0.4) is 0 Å². The number of hydrogen-bond donors (Lipinski definition) is 0. The summed E-state index contributed by atoms with van der Waals surface area (Å²) in [6.45, 7) is 3.46. The molecular formula is C16H18FN3O2S. The number of hydrogen-bond acceptors (Lipinski definition) is 5. The fraction of sp³-hybridized carbons (Fsp3) is 0.438. The van der Waals surface area contributed by atoms with Crippen molar-refractivity contribution < 1.29 is 13.6 Å². The number of carbonyl (C=O) groups excluding carboxylic acids is 1. The molecule has 0 radical (unpaired) electrons. The molecule has 1 saturated heterocycles. The van der Waals surface area contributed by atoms with Gasteiger partial charge in [-0.25, -0.2) is 4.39 Å². The molecule has 2 aromatic rings. The van der Waals surface area contributed by atoms with E-state index >= 15 is 0 Å². The van der Waals surface area contributed by atoms with E-state index in [0.717, 1.165) is 25.9 Å². The van der Waals surface area contributed by atoms with E-state index in [2.05, 4.69) is 10.2 Å². The van der Waals surface area contributed by atoms with Crippen molar-refractivity contribution in [3.63, 3.8) is 0 Å². The minimum Gasteiger partial charge on any atom is -0.411 e. The van der Waals surface area contributed by atoms with Gasteiger partial charge in [0.25, 0.3) is 11.1 Å². The van der Waals surface area contributed by atoms with Gasteiger partial charge in [0, 0.05) is 13.1 Å². The Kier molecular flexibility index (Phi) is 4.95. The highest BCUT2D eigenvalue weighted by atomic mass is 32.2. The normalized spacial score (nSPS) is 16.3. The number of aromatic nitrogens is 2. The van der Waals surface area contributed by atoms with Crippen molar-refractivity contribution in [3.8, 4) is 11.5 Å². The molecule has 23 heavy (non-hydrogen) atoms. The average Bonchev–Trinajstić information content (AvgIpc) is 3.03. The smallest absolute Gasteiger partial charge is 0.277 e. The third-order valence-electron chi connectivity index (χ3n) is 3.80. The summed E-state index contributed by atoms with van der Waals surface area (Å²) in [5, 5.41) is 7.75. The molecule has 0 N–H and O–H groups in total. The van der Waals surface area contributed by atoms with Crippen molar-refractivity contribution in [2.45, 2.75) is 36.7 Å². The molecule has 7 heteroatoms. The zero-order valence-electron chi connectivity index (χ0n) is 12.9.